The Morgan fingerprint density at radius 1 is 1.16 bits per heavy atom. The molecule has 0 saturated carbocycles. The van der Waals surface area contributed by atoms with Crippen LogP contribution in [0.25, 0.3) is 0 Å². The number of hydrogen-bond donors (Lipinski definition) is 1. The molecule has 0 aromatic heterocycles. The fourth-order valence-corrected chi connectivity index (χ4v) is 2.13. The van der Waals surface area contributed by atoms with E-state index in [-0.39, 0.29) is 18.5 Å². The first kappa shape index (κ1) is 15.8. The van der Waals surface area contributed by atoms with Crippen molar-refractivity contribution in [3.05, 3.63) is 30.3 Å². The fourth-order valence-electron chi connectivity index (χ4n) is 2.13. The maximum atomic E-state index is 11.5. The molecule has 1 saturated heterocycles. The third-order valence-corrected chi connectivity index (χ3v) is 3.11. The number of ether oxygens (including phenoxy) is 1. The number of nitrogens with zero attached hydrogens (tertiary/aromatic N) is 1. The van der Waals surface area contributed by atoms with E-state index < -0.39 is 0 Å². The summed E-state index contributed by atoms with van der Waals surface area (Å²) in [5.41, 5.74) is 0.764. The van der Waals surface area contributed by atoms with E-state index in [0.29, 0.717) is 6.61 Å². The minimum absolute atomic E-state index is 0. The highest BCUT2D eigenvalue weighted by Gasteiger charge is 2.10. The number of para-hydroxylation sites is 1. The summed E-state index contributed by atoms with van der Waals surface area (Å²) < 4.78 is 5.16. The Balaban J connectivity index is 0.00000180. The van der Waals surface area contributed by atoms with Gasteiger partial charge in [0, 0.05) is 12.2 Å². The summed E-state index contributed by atoms with van der Waals surface area (Å²) in [7, 11) is 0. The largest absolute Gasteiger partial charge is 0.448 e. The molecule has 1 N–H and O–H groups in total. The van der Waals surface area contributed by atoms with Gasteiger partial charge in [0.15, 0.2) is 0 Å². The van der Waals surface area contributed by atoms with E-state index in [1.54, 1.807) is 0 Å². The number of rotatable bonds is 4. The monoisotopic (exact) mass is 284 g/mol. The molecular weight excluding hydrogens is 264 g/mol. The van der Waals surface area contributed by atoms with Crippen LogP contribution >= 0.6 is 12.4 Å². The third-order valence-electron chi connectivity index (χ3n) is 3.11. The van der Waals surface area contributed by atoms with Crippen molar-refractivity contribution in [2.75, 3.05) is 31.6 Å². The fraction of sp³-hybridized carbons (Fsp3) is 0.500. The lowest BCUT2D eigenvalue weighted by molar-refractivity contribution is 0.131. The number of benzene rings is 1. The van der Waals surface area contributed by atoms with Gasteiger partial charge >= 0.3 is 6.09 Å². The normalized spacial score (nSPS) is 15.4. The Labute approximate surface area is 120 Å². The summed E-state index contributed by atoms with van der Waals surface area (Å²) >= 11 is 0. The Hall–Kier alpha value is -1.26. The van der Waals surface area contributed by atoms with E-state index in [1.807, 2.05) is 30.3 Å². The van der Waals surface area contributed by atoms with Gasteiger partial charge in [-0.1, -0.05) is 24.6 Å². The van der Waals surface area contributed by atoms with E-state index >= 15 is 0 Å². The molecule has 1 aliphatic rings. The molecule has 0 radical (unpaired) electrons. The number of carbonyl (C=O) groups excluding carboxylic acids is 1. The molecule has 0 bridgehead atoms. The molecule has 1 aromatic rings. The highest BCUT2D eigenvalue weighted by Crippen LogP contribution is 2.08. The van der Waals surface area contributed by atoms with Gasteiger partial charge < -0.3 is 4.74 Å². The van der Waals surface area contributed by atoms with E-state index in [9.17, 15) is 4.79 Å². The molecule has 0 aliphatic carbocycles. The molecule has 1 fully saturated rings. The number of anilines is 1. The molecule has 0 unspecified atom stereocenters. The van der Waals surface area contributed by atoms with Crippen LogP contribution in [0, 0.1) is 0 Å². The number of hydrogen-bond acceptors (Lipinski definition) is 3. The number of likely N-dealkylation sites (tertiary alicyclic amines) is 1. The Morgan fingerprint density at radius 3 is 2.53 bits per heavy atom. The van der Waals surface area contributed by atoms with Gasteiger partial charge in [-0.15, -0.1) is 12.4 Å². The molecule has 1 aromatic carbocycles. The van der Waals surface area contributed by atoms with E-state index in [1.165, 1.54) is 19.3 Å². The molecule has 106 valence electrons. The molecular formula is C14H21ClN2O2. The van der Waals surface area contributed by atoms with Crippen LogP contribution in [0.5, 0.6) is 0 Å². The molecule has 19 heavy (non-hydrogen) atoms. The molecule has 1 heterocycles. The first-order chi connectivity index (χ1) is 8.84. The van der Waals surface area contributed by atoms with Gasteiger partial charge in [-0.05, 0) is 38.1 Å². The molecule has 0 spiro atoms. The van der Waals surface area contributed by atoms with Crippen LogP contribution in [0.3, 0.4) is 0 Å². The molecule has 1 amide bonds. The highest BCUT2D eigenvalue weighted by atomic mass is 35.5. The van der Waals surface area contributed by atoms with Crippen molar-refractivity contribution < 1.29 is 9.53 Å². The highest BCUT2D eigenvalue weighted by molar-refractivity contribution is 5.85. The predicted molar refractivity (Wildman–Crippen MR) is 79.0 cm³/mol. The first-order valence-corrected chi connectivity index (χ1v) is 6.56. The zero-order chi connectivity index (χ0) is 12.6. The van der Waals surface area contributed by atoms with Crippen LogP contribution < -0.4 is 5.32 Å². The predicted octanol–water partition coefficient (Wildman–Crippen LogP) is 3.14. The van der Waals surface area contributed by atoms with E-state index in [0.717, 1.165) is 25.3 Å². The average molecular weight is 285 g/mol. The maximum absolute atomic E-state index is 11.5. The Bertz CT molecular complexity index is 367. The third kappa shape index (κ3) is 5.94. The number of amides is 1. The second kappa shape index (κ2) is 8.77. The first-order valence-electron chi connectivity index (χ1n) is 6.56. The van der Waals surface area contributed by atoms with Crippen molar-refractivity contribution in [2.45, 2.75) is 19.3 Å². The molecule has 5 heteroatoms. The topological polar surface area (TPSA) is 41.6 Å². The van der Waals surface area contributed by atoms with Gasteiger partial charge in [0.2, 0.25) is 0 Å². The number of halogens is 1. The van der Waals surface area contributed by atoms with Crippen LogP contribution in [0.15, 0.2) is 30.3 Å². The van der Waals surface area contributed by atoms with Gasteiger partial charge in [-0.3, -0.25) is 10.2 Å². The lowest BCUT2D eigenvalue weighted by Crippen LogP contribution is -2.33. The van der Waals surface area contributed by atoms with Crippen molar-refractivity contribution in [3.63, 3.8) is 0 Å². The number of carbonyl (C=O) groups is 1. The lowest BCUT2D eigenvalue weighted by Gasteiger charge is -2.25. The summed E-state index contributed by atoms with van der Waals surface area (Å²) in [5.74, 6) is 0. The Morgan fingerprint density at radius 2 is 1.84 bits per heavy atom. The van der Waals surface area contributed by atoms with Crippen LogP contribution in [0.1, 0.15) is 19.3 Å². The molecule has 0 atom stereocenters. The van der Waals surface area contributed by atoms with Gasteiger partial charge in [0.1, 0.15) is 6.61 Å². The summed E-state index contributed by atoms with van der Waals surface area (Å²) in [6, 6.07) is 9.34. The average Bonchev–Trinajstić information content (AvgIpc) is 2.41. The second-order valence-electron chi connectivity index (χ2n) is 4.53. The number of piperidine rings is 1. The quantitative estimate of drug-likeness (QED) is 0.923. The van der Waals surface area contributed by atoms with Crippen molar-refractivity contribution in [1.29, 1.82) is 0 Å². The lowest BCUT2D eigenvalue weighted by atomic mass is 10.1. The van der Waals surface area contributed by atoms with Crippen LogP contribution in [-0.4, -0.2) is 37.2 Å². The minimum atomic E-state index is -0.377. The van der Waals surface area contributed by atoms with Crippen molar-refractivity contribution in [1.82, 2.24) is 4.90 Å². The summed E-state index contributed by atoms with van der Waals surface area (Å²) in [5, 5.41) is 2.70. The van der Waals surface area contributed by atoms with E-state index in [2.05, 4.69) is 10.2 Å². The van der Waals surface area contributed by atoms with Gasteiger partial charge in [0.05, 0.1) is 0 Å². The minimum Gasteiger partial charge on any atom is -0.448 e. The molecule has 2 rings (SSSR count). The van der Waals surface area contributed by atoms with Crippen LogP contribution in [0.4, 0.5) is 10.5 Å². The van der Waals surface area contributed by atoms with E-state index in [4.69, 9.17) is 4.74 Å². The standard InChI is InChI=1S/C14H20N2O2.ClH/c17-14(15-13-7-3-1-4-8-13)18-12-11-16-9-5-2-6-10-16;/h1,3-4,7-8H,2,5-6,9-12H2,(H,15,17);1H. The molecule has 1 aliphatic heterocycles. The van der Waals surface area contributed by atoms with Crippen molar-refractivity contribution >= 4 is 24.2 Å². The smallest absolute Gasteiger partial charge is 0.411 e. The summed E-state index contributed by atoms with van der Waals surface area (Å²) in [6.07, 6.45) is 3.47. The van der Waals surface area contributed by atoms with Crippen molar-refractivity contribution in [2.24, 2.45) is 0 Å². The SMILES string of the molecule is Cl.O=C(Nc1ccccc1)OCCN1CCCCC1. The van der Waals surface area contributed by atoms with Crippen molar-refractivity contribution in [3.8, 4) is 0 Å². The van der Waals surface area contributed by atoms with Gasteiger partial charge in [-0.25, -0.2) is 4.79 Å². The second-order valence-corrected chi connectivity index (χ2v) is 4.53. The molecule has 4 nitrogen and oxygen atoms in total. The summed E-state index contributed by atoms with van der Waals surface area (Å²) in [6.45, 7) is 3.55. The van der Waals surface area contributed by atoms with Gasteiger partial charge in [-0.2, -0.15) is 0 Å². The zero-order valence-corrected chi connectivity index (χ0v) is 11.8. The van der Waals surface area contributed by atoms with Crippen LogP contribution in [0.2, 0.25) is 0 Å². The Kier molecular flexibility index (Phi) is 7.30. The zero-order valence-electron chi connectivity index (χ0n) is 11.0. The van der Waals surface area contributed by atoms with Crippen LogP contribution in [-0.2, 0) is 4.74 Å². The number of nitrogens with one attached hydrogen (secondary N) is 1. The van der Waals surface area contributed by atoms with Gasteiger partial charge in [0.25, 0.3) is 0 Å². The maximum Gasteiger partial charge on any atom is 0.411 e. The summed E-state index contributed by atoms with van der Waals surface area (Å²) in [4.78, 5) is 13.8.